The Balaban J connectivity index is 2.16. The number of nitrogens with two attached hydrogens (primary N) is 1. The van der Waals surface area contributed by atoms with Gasteiger partial charge in [-0.25, -0.2) is 9.97 Å². The van der Waals surface area contributed by atoms with Crippen molar-refractivity contribution >= 4 is 27.7 Å². The minimum atomic E-state index is 0.667. The van der Waals surface area contributed by atoms with Gasteiger partial charge in [-0.2, -0.15) is 0 Å². The Morgan fingerprint density at radius 3 is 2.61 bits per heavy atom. The topological polar surface area (TPSA) is 51.8 Å². The maximum Gasteiger partial charge on any atom is 0.192 e. The predicted octanol–water partition coefficient (Wildman–Crippen LogP) is 3.20. The summed E-state index contributed by atoms with van der Waals surface area (Å²) in [6, 6.07) is 6.26. The molecule has 18 heavy (non-hydrogen) atoms. The van der Waals surface area contributed by atoms with Crippen molar-refractivity contribution in [2.24, 2.45) is 5.73 Å². The fraction of sp³-hybridized carbons (Fsp3) is 0.231. The number of hydrogen-bond donors (Lipinski definition) is 1. The lowest BCUT2D eigenvalue weighted by atomic mass is 10.2. The predicted molar refractivity (Wildman–Crippen MR) is 77.8 cm³/mol. The van der Waals surface area contributed by atoms with E-state index in [1.54, 1.807) is 11.8 Å². The summed E-state index contributed by atoms with van der Waals surface area (Å²) in [4.78, 5) is 9.68. The van der Waals surface area contributed by atoms with Crippen LogP contribution in [0.3, 0.4) is 0 Å². The van der Waals surface area contributed by atoms with Gasteiger partial charge in [0.15, 0.2) is 5.16 Å². The number of hydrogen-bond acceptors (Lipinski definition) is 4. The highest BCUT2D eigenvalue weighted by atomic mass is 79.9. The van der Waals surface area contributed by atoms with Crippen LogP contribution >= 0.6 is 27.7 Å². The van der Waals surface area contributed by atoms with Crippen molar-refractivity contribution in [3.63, 3.8) is 0 Å². The zero-order chi connectivity index (χ0) is 13.0. The molecule has 0 radical (unpaired) electrons. The maximum atomic E-state index is 5.55. The van der Waals surface area contributed by atoms with Crippen LogP contribution in [0.4, 0.5) is 0 Å². The molecule has 3 nitrogen and oxygen atoms in total. The Kier molecular flexibility index (Phi) is 4.74. The molecule has 2 aromatic rings. The molecule has 0 saturated carbocycles. The smallest absolute Gasteiger partial charge is 0.192 e. The van der Waals surface area contributed by atoms with Gasteiger partial charge in [-0.1, -0.05) is 6.07 Å². The van der Waals surface area contributed by atoms with E-state index in [4.69, 9.17) is 5.73 Å². The fourth-order valence-corrected chi connectivity index (χ4v) is 2.85. The first-order chi connectivity index (χ1) is 8.69. The average molecular weight is 324 g/mol. The molecule has 0 aliphatic rings. The van der Waals surface area contributed by atoms with Crippen LogP contribution in [0.5, 0.6) is 0 Å². The zero-order valence-electron chi connectivity index (χ0n) is 10.1. The fourth-order valence-electron chi connectivity index (χ4n) is 1.48. The summed E-state index contributed by atoms with van der Waals surface area (Å²) in [5.74, 6) is 0. The largest absolute Gasteiger partial charge is 0.330 e. The van der Waals surface area contributed by atoms with Gasteiger partial charge in [0.05, 0.1) is 0 Å². The van der Waals surface area contributed by atoms with Crippen LogP contribution in [0.25, 0.3) is 0 Å². The van der Waals surface area contributed by atoms with Crippen LogP contribution in [0.15, 0.2) is 45.1 Å². The Morgan fingerprint density at radius 1 is 1.28 bits per heavy atom. The molecule has 1 heterocycles. The van der Waals surface area contributed by atoms with Crippen LogP contribution in [-0.4, -0.2) is 16.5 Å². The van der Waals surface area contributed by atoms with Crippen molar-refractivity contribution in [3.8, 4) is 0 Å². The Bertz CT molecular complexity index is 528. The highest BCUT2D eigenvalue weighted by Crippen LogP contribution is 2.32. The highest BCUT2D eigenvalue weighted by molar-refractivity contribution is 9.10. The van der Waals surface area contributed by atoms with Crippen molar-refractivity contribution in [1.29, 1.82) is 0 Å². The second-order valence-electron chi connectivity index (χ2n) is 3.95. The van der Waals surface area contributed by atoms with E-state index < -0.39 is 0 Å². The van der Waals surface area contributed by atoms with E-state index in [9.17, 15) is 0 Å². The third-order valence-electron chi connectivity index (χ3n) is 2.39. The molecule has 0 fully saturated rings. The van der Waals surface area contributed by atoms with Crippen LogP contribution in [-0.2, 0) is 6.42 Å². The van der Waals surface area contributed by atoms with Crippen LogP contribution in [0.1, 0.15) is 11.1 Å². The van der Waals surface area contributed by atoms with Gasteiger partial charge in [-0.15, -0.1) is 0 Å². The first-order valence-corrected chi connectivity index (χ1v) is 7.25. The highest BCUT2D eigenvalue weighted by Gasteiger charge is 2.05. The number of rotatable bonds is 4. The molecule has 0 aliphatic carbocycles. The molecular formula is C13H14BrN3S. The van der Waals surface area contributed by atoms with E-state index in [0.717, 1.165) is 26.5 Å². The van der Waals surface area contributed by atoms with Crippen LogP contribution in [0, 0.1) is 6.92 Å². The Labute approximate surface area is 119 Å². The van der Waals surface area contributed by atoms with E-state index in [2.05, 4.69) is 44.1 Å². The molecule has 0 saturated heterocycles. The quantitative estimate of drug-likeness (QED) is 0.878. The van der Waals surface area contributed by atoms with Crippen molar-refractivity contribution in [1.82, 2.24) is 9.97 Å². The van der Waals surface area contributed by atoms with E-state index >= 15 is 0 Å². The second kappa shape index (κ2) is 6.31. The molecule has 0 atom stereocenters. The van der Waals surface area contributed by atoms with Gasteiger partial charge in [-0.05, 0) is 70.8 Å². The standard InChI is InChI=1S/C13H14BrN3S/c1-9-7-16-13(17-8-9)18-12-3-2-10(4-5-15)6-11(12)14/h2-3,6-8H,4-5,15H2,1H3. The van der Waals surface area contributed by atoms with Crippen LogP contribution in [0.2, 0.25) is 0 Å². The molecule has 0 unspecified atom stereocenters. The van der Waals surface area contributed by atoms with E-state index in [1.165, 1.54) is 5.56 Å². The first kappa shape index (κ1) is 13.5. The van der Waals surface area contributed by atoms with E-state index in [-0.39, 0.29) is 0 Å². The molecule has 0 aliphatic heterocycles. The van der Waals surface area contributed by atoms with E-state index in [0.29, 0.717) is 6.54 Å². The Hall–Kier alpha value is -0.910. The van der Waals surface area contributed by atoms with Gasteiger partial charge < -0.3 is 5.73 Å². The third kappa shape index (κ3) is 3.54. The summed E-state index contributed by atoms with van der Waals surface area (Å²) in [6.07, 6.45) is 4.54. The summed E-state index contributed by atoms with van der Waals surface area (Å²) < 4.78 is 1.06. The first-order valence-electron chi connectivity index (χ1n) is 5.64. The minimum absolute atomic E-state index is 0.667. The van der Waals surface area contributed by atoms with Gasteiger partial charge in [0, 0.05) is 21.8 Å². The second-order valence-corrected chi connectivity index (χ2v) is 5.81. The van der Waals surface area contributed by atoms with Gasteiger partial charge in [0.25, 0.3) is 0 Å². The lowest BCUT2D eigenvalue weighted by Gasteiger charge is -2.05. The maximum absolute atomic E-state index is 5.55. The van der Waals surface area contributed by atoms with Gasteiger partial charge in [0.2, 0.25) is 0 Å². The lowest BCUT2D eigenvalue weighted by Crippen LogP contribution is -2.02. The summed E-state index contributed by atoms with van der Waals surface area (Å²) >= 11 is 5.12. The number of nitrogens with zero attached hydrogens (tertiary/aromatic N) is 2. The number of aryl methyl sites for hydroxylation is 1. The van der Waals surface area contributed by atoms with Gasteiger partial charge in [-0.3, -0.25) is 0 Å². The minimum Gasteiger partial charge on any atom is -0.330 e. The molecule has 2 rings (SSSR count). The zero-order valence-corrected chi connectivity index (χ0v) is 12.5. The molecule has 5 heteroatoms. The monoisotopic (exact) mass is 323 g/mol. The SMILES string of the molecule is Cc1cnc(Sc2ccc(CCN)cc2Br)nc1. The van der Waals surface area contributed by atoms with Crippen molar-refractivity contribution in [2.75, 3.05) is 6.54 Å². The summed E-state index contributed by atoms with van der Waals surface area (Å²) in [5, 5.41) is 0.757. The third-order valence-corrected chi connectivity index (χ3v) is 4.28. The molecular weight excluding hydrogens is 310 g/mol. The average Bonchev–Trinajstić information content (AvgIpc) is 2.36. The normalized spacial score (nSPS) is 10.6. The summed E-state index contributed by atoms with van der Waals surface area (Å²) in [6.45, 7) is 2.64. The molecule has 2 N–H and O–H groups in total. The molecule has 1 aromatic carbocycles. The van der Waals surface area contributed by atoms with Gasteiger partial charge in [0.1, 0.15) is 0 Å². The van der Waals surface area contributed by atoms with E-state index in [1.807, 2.05) is 19.3 Å². The number of halogens is 1. The van der Waals surface area contributed by atoms with Crippen molar-refractivity contribution < 1.29 is 0 Å². The van der Waals surface area contributed by atoms with Crippen molar-refractivity contribution in [2.45, 2.75) is 23.4 Å². The summed E-state index contributed by atoms with van der Waals surface area (Å²) in [7, 11) is 0. The van der Waals surface area contributed by atoms with Crippen LogP contribution < -0.4 is 5.73 Å². The number of aromatic nitrogens is 2. The van der Waals surface area contributed by atoms with Crippen molar-refractivity contribution in [3.05, 3.63) is 46.2 Å². The summed E-state index contributed by atoms with van der Waals surface area (Å²) in [5.41, 5.74) is 7.85. The van der Waals surface area contributed by atoms with Gasteiger partial charge >= 0.3 is 0 Å². The Morgan fingerprint density at radius 2 is 2.00 bits per heavy atom. The molecule has 94 valence electrons. The molecule has 1 aromatic heterocycles. The molecule has 0 spiro atoms. The molecule has 0 bridgehead atoms. The molecule has 0 amide bonds. The number of benzene rings is 1. The lowest BCUT2D eigenvalue weighted by molar-refractivity contribution is 0.947.